The first kappa shape index (κ1) is 21.0. The van der Waals surface area contributed by atoms with Crippen LogP contribution in [0.4, 0.5) is 0 Å². The normalized spacial score (nSPS) is 13.1. The van der Waals surface area contributed by atoms with Gasteiger partial charge in [-0.25, -0.2) is 0 Å². The highest BCUT2D eigenvalue weighted by molar-refractivity contribution is 5.39. The summed E-state index contributed by atoms with van der Waals surface area (Å²) in [5, 5.41) is 10.4. The van der Waals surface area contributed by atoms with Gasteiger partial charge >= 0.3 is 0 Å². The highest BCUT2D eigenvalue weighted by atomic mass is 16.5. The van der Waals surface area contributed by atoms with Gasteiger partial charge in [-0.1, -0.05) is 45.9 Å². The molecule has 0 fully saturated rings. The first-order valence-corrected chi connectivity index (χ1v) is 9.50. The number of para-hydroxylation sites is 1. The third-order valence-electron chi connectivity index (χ3n) is 4.50. The van der Waals surface area contributed by atoms with E-state index in [0.717, 1.165) is 36.5 Å². The van der Waals surface area contributed by atoms with Crippen molar-refractivity contribution in [3.05, 3.63) is 29.3 Å². The van der Waals surface area contributed by atoms with E-state index in [1.807, 2.05) is 6.07 Å². The largest absolute Gasteiger partial charge is 0.490 e. The van der Waals surface area contributed by atoms with E-state index in [-0.39, 0.29) is 0 Å². The Morgan fingerprint density at radius 1 is 0.958 bits per heavy atom. The van der Waals surface area contributed by atoms with Gasteiger partial charge in [0.05, 0.1) is 13.1 Å². The topological polar surface area (TPSA) is 33.9 Å². The molecule has 0 aromatic heterocycles. The Kier molecular flexibility index (Phi) is 9.38. The molecule has 138 valence electrons. The number of aliphatic hydroxyl groups is 1. The van der Waals surface area contributed by atoms with Crippen LogP contribution in [0, 0.1) is 25.7 Å². The van der Waals surface area contributed by atoms with Crippen LogP contribution in [0.15, 0.2) is 18.2 Å². The van der Waals surface area contributed by atoms with E-state index in [1.54, 1.807) is 0 Å². The summed E-state index contributed by atoms with van der Waals surface area (Å²) in [6.45, 7) is 16.6. The van der Waals surface area contributed by atoms with Gasteiger partial charge in [0.2, 0.25) is 0 Å². The maximum absolute atomic E-state index is 10.4. The molecule has 0 bridgehead atoms. The first-order valence-electron chi connectivity index (χ1n) is 9.50. The fourth-order valence-electron chi connectivity index (χ4n) is 2.91. The van der Waals surface area contributed by atoms with Gasteiger partial charge in [0, 0.05) is 0 Å². The first-order chi connectivity index (χ1) is 11.3. The zero-order chi connectivity index (χ0) is 18.1. The number of rotatable bonds is 11. The Morgan fingerprint density at radius 2 is 1.46 bits per heavy atom. The van der Waals surface area contributed by atoms with Crippen LogP contribution < -0.4 is 9.64 Å². The zero-order valence-electron chi connectivity index (χ0n) is 16.6. The lowest BCUT2D eigenvalue weighted by Gasteiger charge is -2.24. The molecule has 0 aliphatic rings. The number of aryl methyl sites for hydroxylation is 2. The molecule has 3 nitrogen and oxygen atoms in total. The lowest BCUT2D eigenvalue weighted by molar-refractivity contribution is -0.904. The summed E-state index contributed by atoms with van der Waals surface area (Å²) < 4.78 is 5.92. The van der Waals surface area contributed by atoms with Crippen LogP contribution in [0.1, 0.15) is 51.7 Å². The highest BCUT2D eigenvalue weighted by Crippen LogP contribution is 2.22. The molecule has 24 heavy (non-hydrogen) atoms. The molecule has 0 amide bonds. The van der Waals surface area contributed by atoms with Crippen LogP contribution in [0.25, 0.3) is 0 Å². The van der Waals surface area contributed by atoms with Crippen molar-refractivity contribution >= 4 is 0 Å². The van der Waals surface area contributed by atoms with Crippen molar-refractivity contribution < 1.29 is 14.7 Å². The maximum atomic E-state index is 10.4. The van der Waals surface area contributed by atoms with Crippen molar-refractivity contribution in [2.24, 2.45) is 11.8 Å². The molecule has 0 unspecified atom stereocenters. The predicted molar refractivity (Wildman–Crippen MR) is 102 cm³/mol. The van der Waals surface area contributed by atoms with Crippen LogP contribution in [0.3, 0.4) is 0 Å². The monoisotopic (exact) mass is 336 g/mol. The Morgan fingerprint density at radius 3 is 1.92 bits per heavy atom. The number of benzene rings is 1. The van der Waals surface area contributed by atoms with Crippen molar-refractivity contribution in [1.82, 2.24) is 0 Å². The molecular weight excluding hydrogens is 298 g/mol. The van der Waals surface area contributed by atoms with Gasteiger partial charge in [-0.05, 0) is 49.7 Å². The third kappa shape index (κ3) is 8.16. The number of nitrogens with one attached hydrogen (secondary N) is 1. The lowest BCUT2D eigenvalue weighted by atomic mass is 10.1. The molecule has 2 N–H and O–H groups in total. The number of hydrogen-bond acceptors (Lipinski definition) is 2. The molecule has 0 saturated heterocycles. The van der Waals surface area contributed by atoms with Gasteiger partial charge in [-0.3, -0.25) is 0 Å². The van der Waals surface area contributed by atoms with E-state index in [0.29, 0.717) is 18.4 Å². The highest BCUT2D eigenvalue weighted by Gasteiger charge is 2.17. The van der Waals surface area contributed by atoms with Crippen molar-refractivity contribution in [1.29, 1.82) is 0 Å². The standard InChI is InChI=1S/C21H37NO2/c1-16(2)10-12-22(13-11-17(3)4)14-20(23)15-24-21-18(5)8-7-9-19(21)6/h7-9,16-17,20,23H,10-15H2,1-6H3/p+1/t20-/m1/s1. The molecule has 1 aromatic rings. The van der Waals surface area contributed by atoms with Crippen molar-refractivity contribution in [2.45, 2.75) is 60.5 Å². The van der Waals surface area contributed by atoms with Crippen molar-refractivity contribution in [3.63, 3.8) is 0 Å². The molecule has 0 spiro atoms. The van der Waals surface area contributed by atoms with E-state index < -0.39 is 6.10 Å². The van der Waals surface area contributed by atoms with E-state index in [1.165, 1.54) is 17.7 Å². The summed E-state index contributed by atoms with van der Waals surface area (Å²) in [5.74, 6) is 2.34. The van der Waals surface area contributed by atoms with Gasteiger partial charge in [-0.15, -0.1) is 0 Å². The molecule has 0 aliphatic carbocycles. The fourth-order valence-corrected chi connectivity index (χ4v) is 2.91. The number of ether oxygens (including phenoxy) is 1. The van der Waals surface area contributed by atoms with Gasteiger partial charge in [0.25, 0.3) is 0 Å². The SMILES string of the molecule is Cc1cccc(C)c1OC[C@H](O)C[NH+](CCC(C)C)CCC(C)C. The zero-order valence-corrected chi connectivity index (χ0v) is 16.6. The molecular formula is C21H38NO2+. The molecule has 1 atom stereocenters. The fraction of sp³-hybridized carbons (Fsp3) is 0.714. The molecule has 1 aromatic carbocycles. The Hall–Kier alpha value is -1.06. The minimum absolute atomic E-state index is 0.374. The average molecular weight is 337 g/mol. The molecule has 1 rings (SSSR count). The smallest absolute Gasteiger partial charge is 0.137 e. The lowest BCUT2D eigenvalue weighted by Crippen LogP contribution is -3.13. The van der Waals surface area contributed by atoms with Crippen LogP contribution in [-0.4, -0.2) is 37.5 Å². The van der Waals surface area contributed by atoms with Gasteiger partial charge in [0.1, 0.15) is 25.0 Å². The average Bonchev–Trinajstić information content (AvgIpc) is 2.49. The van der Waals surface area contributed by atoms with Crippen LogP contribution in [0.5, 0.6) is 5.75 Å². The summed E-state index contributed by atoms with van der Waals surface area (Å²) in [6.07, 6.45) is 1.99. The Balaban J connectivity index is 2.52. The van der Waals surface area contributed by atoms with Gasteiger partial charge in [-0.2, -0.15) is 0 Å². The van der Waals surface area contributed by atoms with Gasteiger partial charge in [0.15, 0.2) is 0 Å². The summed E-state index contributed by atoms with van der Waals surface area (Å²) in [7, 11) is 0. The molecule has 3 heteroatoms. The number of quaternary nitrogens is 1. The Bertz CT molecular complexity index is 439. The van der Waals surface area contributed by atoms with Crippen molar-refractivity contribution in [2.75, 3.05) is 26.2 Å². The summed E-state index contributed by atoms with van der Waals surface area (Å²) >= 11 is 0. The number of aliphatic hydroxyl groups excluding tert-OH is 1. The molecule has 0 saturated carbocycles. The second-order valence-electron chi connectivity index (χ2n) is 8.00. The van der Waals surface area contributed by atoms with E-state index in [2.05, 4.69) is 53.7 Å². The second kappa shape index (κ2) is 10.7. The quantitative estimate of drug-likeness (QED) is 0.651. The summed E-state index contributed by atoms with van der Waals surface area (Å²) in [4.78, 5) is 1.50. The molecule has 0 radical (unpaired) electrons. The minimum atomic E-state index is -0.418. The van der Waals surface area contributed by atoms with E-state index in [9.17, 15) is 5.11 Å². The minimum Gasteiger partial charge on any atom is -0.490 e. The van der Waals surface area contributed by atoms with Crippen molar-refractivity contribution in [3.8, 4) is 5.75 Å². The van der Waals surface area contributed by atoms with Gasteiger partial charge < -0.3 is 14.7 Å². The van der Waals surface area contributed by atoms with E-state index >= 15 is 0 Å². The van der Waals surface area contributed by atoms with Crippen LogP contribution >= 0.6 is 0 Å². The maximum Gasteiger partial charge on any atom is 0.137 e. The summed E-state index contributed by atoms with van der Waals surface area (Å²) in [5.41, 5.74) is 2.26. The summed E-state index contributed by atoms with van der Waals surface area (Å²) in [6, 6.07) is 6.15. The Labute approximate surface area is 149 Å². The molecule has 0 heterocycles. The van der Waals surface area contributed by atoms with E-state index in [4.69, 9.17) is 4.74 Å². The third-order valence-corrected chi connectivity index (χ3v) is 4.50. The number of hydrogen-bond donors (Lipinski definition) is 2. The van der Waals surface area contributed by atoms with Crippen LogP contribution in [0.2, 0.25) is 0 Å². The predicted octanol–water partition coefficient (Wildman–Crippen LogP) is 3.02. The van der Waals surface area contributed by atoms with Crippen LogP contribution in [-0.2, 0) is 0 Å². The molecule has 0 aliphatic heterocycles. The second-order valence-corrected chi connectivity index (χ2v) is 8.00.